The van der Waals surface area contributed by atoms with Gasteiger partial charge in [0.1, 0.15) is 5.69 Å². The lowest BCUT2D eigenvalue weighted by Crippen LogP contribution is -2.48. The second kappa shape index (κ2) is 9.13. The molecule has 1 amide bonds. The topological polar surface area (TPSA) is 56.4 Å². The third-order valence-corrected chi connectivity index (χ3v) is 6.76. The van der Waals surface area contributed by atoms with Crippen molar-refractivity contribution in [3.8, 4) is 0 Å². The van der Waals surface area contributed by atoms with Gasteiger partial charge in [-0.15, -0.1) is 0 Å². The molecular weight excluding hydrogens is 480 g/mol. The van der Waals surface area contributed by atoms with Gasteiger partial charge in [0.15, 0.2) is 5.78 Å². The summed E-state index contributed by atoms with van der Waals surface area (Å²) in [5, 5.41) is 1.51. The zero-order valence-electron chi connectivity index (χ0n) is 16.2. The maximum absolute atomic E-state index is 12.9. The molecule has 1 aliphatic rings. The van der Waals surface area contributed by atoms with Crippen LogP contribution in [-0.2, 0) is 0 Å². The molecule has 1 N–H and O–H groups in total. The summed E-state index contributed by atoms with van der Waals surface area (Å²) in [5.41, 5.74) is 1.96. The summed E-state index contributed by atoms with van der Waals surface area (Å²) in [4.78, 5) is 32.5. The number of amides is 1. The van der Waals surface area contributed by atoms with Gasteiger partial charge in [0.2, 0.25) is 0 Å². The Hall–Kier alpha value is -2.18. The number of nitrogens with one attached hydrogen (secondary N) is 1. The van der Waals surface area contributed by atoms with E-state index >= 15 is 0 Å². The molecule has 0 spiro atoms. The molecule has 9 heteroatoms. The van der Waals surface area contributed by atoms with Gasteiger partial charge >= 0.3 is 0 Å². The van der Waals surface area contributed by atoms with E-state index in [4.69, 9.17) is 46.4 Å². The first-order chi connectivity index (χ1) is 14.8. The maximum atomic E-state index is 12.9. The fourth-order valence-corrected chi connectivity index (χ4v) is 4.18. The Morgan fingerprint density at radius 1 is 0.839 bits per heavy atom. The first kappa shape index (κ1) is 22.0. The van der Waals surface area contributed by atoms with Crippen molar-refractivity contribution in [2.45, 2.75) is 0 Å². The number of hydrogen-bond donors (Lipinski definition) is 1. The molecule has 0 atom stereocenters. The van der Waals surface area contributed by atoms with Gasteiger partial charge in [-0.05, 0) is 36.4 Å². The summed E-state index contributed by atoms with van der Waals surface area (Å²) in [6.45, 7) is 2.41. The standard InChI is InChI=1S/C22H17Cl4N3O2/c23-16-5-4-14(11-18(16)25)28-6-8-29(9-7-28)22(31)19-10-13(12-27-19)21(30)15-2-1-3-17(24)20(15)26/h1-5,10-12,27H,6-9H2. The number of nitrogens with zero attached hydrogens (tertiary/aromatic N) is 2. The number of rotatable bonds is 4. The second-order valence-corrected chi connectivity index (χ2v) is 8.71. The van der Waals surface area contributed by atoms with Crippen LogP contribution >= 0.6 is 46.4 Å². The van der Waals surface area contributed by atoms with Crippen LogP contribution in [-0.4, -0.2) is 47.8 Å². The number of benzene rings is 2. The first-order valence-corrected chi connectivity index (χ1v) is 11.0. The Bertz CT molecular complexity index is 1150. The average Bonchev–Trinajstić information content (AvgIpc) is 3.27. The van der Waals surface area contributed by atoms with E-state index in [2.05, 4.69) is 9.88 Å². The molecule has 0 saturated carbocycles. The number of hydrogen-bond acceptors (Lipinski definition) is 3. The SMILES string of the molecule is O=C(c1c[nH]c(C(=O)N2CCN(c3ccc(Cl)c(Cl)c3)CC2)c1)c1cccc(Cl)c1Cl. The van der Waals surface area contributed by atoms with Crippen LogP contribution in [0.3, 0.4) is 0 Å². The van der Waals surface area contributed by atoms with Gasteiger partial charge in [-0.3, -0.25) is 9.59 Å². The van der Waals surface area contributed by atoms with Crippen LogP contribution in [0.5, 0.6) is 0 Å². The van der Waals surface area contributed by atoms with Gasteiger partial charge in [0.25, 0.3) is 5.91 Å². The smallest absolute Gasteiger partial charge is 0.270 e. The summed E-state index contributed by atoms with van der Waals surface area (Å²) in [7, 11) is 0. The predicted molar refractivity (Wildman–Crippen MR) is 125 cm³/mol. The number of aromatic nitrogens is 1. The maximum Gasteiger partial charge on any atom is 0.270 e. The van der Waals surface area contributed by atoms with E-state index in [9.17, 15) is 9.59 Å². The lowest BCUT2D eigenvalue weighted by molar-refractivity contribution is 0.0741. The number of anilines is 1. The van der Waals surface area contributed by atoms with Crippen molar-refractivity contribution in [3.05, 3.63) is 85.6 Å². The minimum Gasteiger partial charge on any atom is -0.368 e. The van der Waals surface area contributed by atoms with Gasteiger partial charge < -0.3 is 14.8 Å². The van der Waals surface area contributed by atoms with Gasteiger partial charge in [0.05, 0.1) is 20.1 Å². The summed E-state index contributed by atoms with van der Waals surface area (Å²) >= 11 is 24.3. The number of aromatic amines is 1. The molecule has 1 fully saturated rings. The monoisotopic (exact) mass is 495 g/mol. The van der Waals surface area contributed by atoms with E-state index in [0.717, 1.165) is 5.69 Å². The highest BCUT2D eigenvalue weighted by molar-refractivity contribution is 6.44. The normalized spacial score (nSPS) is 14.1. The van der Waals surface area contributed by atoms with E-state index in [-0.39, 0.29) is 16.7 Å². The van der Waals surface area contributed by atoms with Crippen molar-refractivity contribution >= 4 is 63.8 Å². The summed E-state index contributed by atoms with van der Waals surface area (Å²) < 4.78 is 0. The van der Waals surface area contributed by atoms with Crippen molar-refractivity contribution in [3.63, 3.8) is 0 Å². The molecule has 3 aromatic rings. The molecule has 5 nitrogen and oxygen atoms in total. The zero-order chi connectivity index (χ0) is 22.1. The molecule has 2 aromatic carbocycles. The van der Waals surface area contributed by atoms with Crippen LogP contribution in [0.1, 0.15) is 26.4 Å². The fraction of sp³-hybridized carbons (Fsp3) is 0.182. The molecule has 2 heterocycles. The summed E-state index contributed by atoms with van der Waals surface area (Å²) in [6, 6.07) is 11.9. The van der Waals surface area contributed by atoms with E-state index in [1.807, 2.05) is 12.1 Å². The minimum atomic E-state index is -0.299. The number of H-pyrrole nitrogens is 1. The highest BCUT2D eigenvalue weighted by atomic mass is 35.5. The Kier molecular flexibility index (Phi) is 6.49. The number of carbonyl (C=O) groups excluding carboxylic acids is 2. The van der Waals surface area contributed by atoms with Gasteiger partial charge in [0, 0.05) is 49.2 Å². The van der Waals surface area contributed by atoms with Crippen LogP contribution in [0.4, 0.5) is 5.69 Å². The van der Waals surface area contributed by atoms with Crippen LogP contribution in [0.25, 0.3) is 0 Å². The fourth-order valence-electron chi connectivity index (χ4n) is 3.50. The molecule has 1 aromatic heterocycles. The highest BCUT2D eigenvalue weighted by Crippen LogP contribution is 2.29. The van der Waals surface area contributed by atoms with E-state index in [1.165, 1.54) is 6.20 Å². The molecule has 1 aliphatic heterocycles. The van der Waals surface area contributed by atoms with E-state index in [0.29, 0.717) is 58.1 Å². The molecule has 160 valence electrons. The van der Waals surface area contributed by atoms with Gasteiger partial charge in [-0.1, -0.05) is 52.5 Å². The number of carbonyl (C=O) groups is 2. The first-order valence-electron chi connectivity index (χ1n) is 9.51. The predicted octanol–water partition coefficient (Wildman–Crippen LogP) is 5.82. The van der Waals surface area contributed by atoms with E-state index < -0.39 is 0 Å². The largest absolute Gasteiger partial charge is 0.368 e. The Morgan fingerprint density at radius 2 is 1.58 bits per heavy atom. The lowest BCUT2D eigenvalue weighted by atomic mass is 10.1. The van der Waals surface area contributed by atoms with Crippen LogP contribution < -0.4 is 4.90 Å². The minimum absolute atomic E-state index is 0.162. The van der Waals surface area contributed by atoms with Crippen molar-refractivity contribution in [1.29, 1.82) is 0 Å². The summed E-state index contributed by atoms with van der Waals surface area (Å²) in [6.07, 6.45) is 1.51. The van der Waals surface area contributed by atoms with Crippen LogP contribution in [0.2, 0.25) is 20.1 Å². The molecule has 0 unspecified atom stereocenters. The molecule has 0 aliphatic carbocycles. The Labute approximate surface area is 199 Å². The third-order valence-electron chi connectivity index (χ3n) is 5.21. The average molecular weight is 497 g/mol. The van der Waals surface area contributed by atoms with Crippen molar-refractivity contribution < 1.29 is 9.59 Å². The number of halogens is 4. The molecule has 0 bridgehead atoms. The molecule has 31 heavy (non-hydrogen) atoms. The molecular formula is C22H17Cl4N3O2. The second-order valence-electron chi connectivity index (χ2n) is 7.11. The Balaban J connectivity index is 1.43. The summed E-state index contributed by atoms with van der Waals surface area (Å²) in [5.74, 6) is -0.461. The highest BCUT2D eigenvalue weighted by Gasteiger charge is 2.25. The Morgan fingerprint density at radius 3 is 2.29 bits per heavy atom. The van der Waals surface area contributed by atoms with Crippen LogP contribution in [0.15, 0.2) is 48.7 Å². The quantitative estimate of drug-likeness (QED) is 0.463. The van der Waals surface area contributed by atoms with E-state index in [1.54, 1.807) is 35.2 Å². The van der Waals surface area contributed by atoms with Gasteiger partial charge in [-0.25, -0.2) is 0 Å². The molecule has 0 radical (unpaired) electrons. The number of ketones is 1. The third kappa shape index (κ3) is 4.55. The van der Waals surface area contributed by atoms with Gasteiger partial charge in [-0.2, -0.15) is 0 Å². The van der Waals surface area contributed by atoms with Crippen molar-refractivity contribution in [1.82, 2.24) is 9.88 Å². The zero-order valence-corrected chi connectivity index (χ0v) is 19.2. The molecule has 4 rings (SSSR count). The molecule has 1 saturated heterocycles. The van der Waals surface area contributed by atoms with Crippen LogP contribution in [0, 0.1) is 0 Å². The lowest BCUT2D eigenvalue weighted by Gasteiger charge is -2.36. The number of piperazine rings is 1. The van der Waals surface area contributed by atoms with Crippen molar-refractivity contribution in [2.24, 2.45) is 0 Å². The van der Waals surface area contributed by atoms with Crippen molar-refractivity contribution in [2.75, 3.05) is 31.1 Å².